The Kier molecular flexibility index (Phi) is 3.72. The standard InChI is InChI=1S/C14H9Cl2NS2/c15-8-5-6-12-10(7-8)13(19-14(18)17-12)9-3-1-2-4-11(9)16/h1-7,13H,(H,17,18). The Hall–Kier alpha value is -0.740. The molecule has 1 heterocycles. The molecule has 0 radical (unpaired) electrons. The summed E-state index contributed by atoms with van der Waals surface area (Å²) in [6.45, 7) is 0. The minimum Gasteiger partial charge on any atom is -0.341 e. The van der Waals surface area contributed by atoms with E-state index in [0.29, 0.717) is 5.02 Å². The lowest BCUT2D eigenvalue weighted by atomic mass is 10.0. The lowest BCUT2D eigenvalue weighted by molar-refractivity contribution is 1.16. The molecule has 0 fully saturated rings. The zero-order chi connectivity index (χ0) is 13.4. The summed E-state index contributed by atoms with van der Waals surface area (Å²) >= 11 is 19.3. The highest BCUT2D eigenvalue weighted by molar-refractivity contribution is 8.23. The number of rotatable bonds is 1. The van der Waals surface area contributed by atoms with E-state index in [2.05, 4.69) is 5.32 Å². The van der Waals surface area contributed by atoms with Crippen LogP contribution in [0.25, 0.3) is 0 Å². The Morgan fingerprint density at radius 2 is 1.84 bits per heavy atom. The number of fused-ring (bicyclic) bond motifs is 1. The first kappa shape index (κ1) is 13.3. The molecular formula is C14H9Cl2NS2. The van der Waals surface area contributed by atoms with Crippen molar-refractivity contribution in [1.82, 2.24) is 0 Å². The van der Waals surface area contributed by atoms with Crippen molar-refractivity contribution in [2.75, 3.05) is 5.32 Å². The molecular weight excluding hydrogens is 317 g/mol. The van der Waals surface area contributed by atoms with Gasteiger partial charge in [-0.3, -0.25) is 0 Å². The molecule has 2 aromatic rings. The van der Waals surface area contributed by atoms with Crippen molar-refractivity contribution in [2.24, 2.45) is 0 Å². The second-order valence-corrected chi connectivity index (χ2v) is 6.79. The Balaban J connectivity index is 2.16. The number of anilines is 1. The average molecular weight is 326 g/mol. The molecule has 5 heteroatoms. The van der Waals surface area contributed by atoms with Crippen LogP contribution in [0.1, 0.15) is 16.4 Å². The van der Waals surface area contributed by atoms with Gasteiger partial charge in [-0.1, -0.05) is 65.4 Å². The van der Waals surface area contributed by atoms with Crippen LogP contribution in [0.3, 0.4) is 0 Å². The number of hydrogen-bond acceptors (Lipinski definition) is 2. The van der Waals surface area contributed by atoms with Gasteiger partial charge in [0.25, 0.3) is 0 Å². The zero-order valence-corrected chi connectivity index (χ0v) is 12.8. The molecule has 19 heavy (non-hydrogen) atoms. The third-order valence-corrected chi connectivity index (χ3v) is 4.98. The molecule has 2 aromatic carbocycles. The number of halogens is 2. The molecule has 0 spiro atoms. The third kappa shape index (κ3) is 2.61. The Labute approximate surface area is 131 Å². The predicted molar refractivity (Wildman–Crippen MR) is 88.6 cm³/mol. The van der Waals surface area contributed by atoms with Crippen molar-refractivity contribution in [2.45, 2.75) is 5.25 Å². The topological polar surface area (TPSA) is 12.0 Å². The fourth-order valence-corrected chi connectivity index (χ4v) is 4.02. The molecule has 1 atom stereocenters. The quantitative estimate of drug-likeness (QED) is 0.692. The third-order valence-electron chi connectivity index (χ3n) is 2.95. The normalized spacial score (nSPS) is 17.8. The summed E-state index contributed by atoms with van der Waals surface area (Å²) < 4.78 is 0.750. The molecule has 0 amide bonds. The highest BCUT2D eigenvalue weighted by Crippen LogP contribution is 2.46. The predicted octanol–water partition coefficient (Wildman–Crippen LogP) is 5.53. The van der Waals surface area contributed by atoms with Crippen LogP contribution in [-0.2, 0) is 0 Å². The van der Waals surface area contributed by atoms with Crippen molar-refractivity contribution in [1.29, 1.82) is 0 Å². The first-order chi connectivity index (χ1) is 9.15. The van der Waals surface area contributed by atoms with Crippen LogP contribution in [0.5, 0.6) is 0 Å². The molecule has 0 bridgehead atoms. The van der Waals surface area contributed by atoms with Gasteiger partial charge in [0.1, 0.15) is 4.32 Å². The minimum absolute atomic E-state index is 0.0798. The summed E-state index contributed by atoms with van der Waals surface area (Å²) in [4.78, 5) is 0. The van der Waals surface area contributed by atoms with E-state index in [1.807, 2.05) is 42.5 Å². The SMILES string of the molecule is S=C1Nc2ccc(Cl)cc2C(c2ccccc2Cl)S1. The van der Waals surface area contributed by atoms with Crippen LogP contribution in [0, 0.1) is 0 Å². The maximum absolute atomic E-state index is 6.30. The van der Waals surface area contributed by atoms with Crippen molar-refractivity contribution in [3.8, 4) is 0 Å². The van der Waals surface area contributed by atoms with Gasteiger partial charge in [-0.05, 0) is 35.4 Å². The van der Waals surface area contributed by atoms with E-state index in [1.54, 1.807) is 11.8 Å². The summed E-state index contributed by atoms with van der Waals surface area (Å²) in [7, 11) is 0. The summed E-state index contributed by atoms with van der Waals surface area (Å²) in [5.41, 5.74) is 3.17. The smallest absolute Gasteiger partial charge is 0.139 e. The molecule has 0 aliphatic carbocycles. The molecule has 1 nitrogen and oxygen atoms in total. The van der Waals surface area contributed by atoms with E-state index >= 15 is 0 Å². The highest BCUT2D eigenvalue weighted by atomic mass is 35.5. The molecule has 3 rings (SSSR count). The molecule has 0 saturated heterocycles. The van der Waals surface area contributed by atoms with E-state index in [1.165, 1.54) is 0 Å². The molecule has 1 aliphatic rings. The fourth-order valence-electron chi connectivity index (χ4n) is 2.09. The lowest BCUT2D eigenvalue weighted by Crippen LogP contribution is -2.17. The van der Waals surface area contributed by atoms with Gasteiger partial charge in [-0.2, -0.15) is 0 Å². The van der Waals surface area contributed by atoms with Crippen LogP contribution >= 0.6 is 47.2 Å². The van der Waals surface area contributed by atoms with Crippen LogP contribution in [-0.4, -0.2) is 4.32 Å². The second kappa shape index (κ2) is 5.33. The largest absolute Gasteiger partial charge is 0.341 e. The molecule has 96 valence electrons. The molecule has 0 aromatic heterocycles. The van der Waals surface area contributed by atoms with Crippen LogP contribution < -0.4 is 5.32 Å². The van der Waals surface area contributed by atoms with Crippen molar-refractivity contribution in [3.05, 3.63) is 63.6 Å². The van der Waals surface area contributed by atoms with Gasteiger partial charge < -0.3 is 5.32 Å². The Bertz CT molecular complexity index is 658. The maximum atomic E-state index is 6.30. The summed E-state index contributed by atoms with van der Waals surface area (Å²) in [5, 5.41) is 4.74. The summed E-state index contributed by atoms with van der Waals surface area (Å²) in [5.74, 6) is 0. The van der Waals surface area contributed by atoms with Crippen molar-refractivity contribution >= 4 is 57.2 Å². The van der Waals surface area contributed by atoms with E-state index in [-0.39, 0.29) is 5.25 Å². The van der Waals surface area contributed by atoms with Crippen molar-refractivity contribution in [3.63, 3.8) is 0 Å². The molecule has 1 aliphatic heterocycles. The number of thiocarbonyl (C=S) groups is 1. The molecule has 0 saturated carbocycles. The van der Waals surface area contributed by atoms with Crippen molar-refractivity contribution < 1.29 is 0 Å². The van der Waals surface area contributed by atoms with Gasteiger partial charge >= 0.3 is 0 Å². The Morgan fingerprint density at radius 3 is 2.63 bits per heavy atom. The fraction of sp³-hybridized carbons (Fsp3) is 0.0714. The van der Waals surface area contributed by atoms with E-state index < -0.39 is 0 Å². The van der Waals surface area contributed by atoms with Gasteiger partial charge in [-0.25, -0.2) is 0 Å². The van der Waals surface area contributed by atoms with Crippen LogP contribution in [0.2, 0.25) is 10.0 Å². The number of thioether (sulfide) groups is 1. The lowest BCUT2D eigenvalue weighted by Gasteiger charge is -2.27. The van der Waals surface area contributed by atoms with Gasteiger partial charge in [0, 0.05) is 15.7 Å². The van der Waals surface area contributed by atoms with Gasteiger partial charge in [0.2, 0.25) is 0 Å². The minimum atomic E-state index is 0.0798. The van der Waals surface area contributed by atoms with E-state index in [0.717, 1.165) is 26.2 Å². The first-order valence-corrected chi connectivity index (χ1v) is 7.71. The number of benzene rings is 2. The first-order valence-electron chi connectivity index (χ1n) is 5.66. The van der Waals surface area contributed by atoms with E-state index in [4.69, 9.17) is 35.4 Å². The van der Waals surface area contributed by atoms with E-state index in [9.17, 15) is 0 Å². The number of nitrogens with one attached hydrogen (secondary N) is 1. The highest BCUT2D eigenvalue weighted by Gasteiger charge is 2.26. The van der Waals surface area contributed by atoms with Gasteiger partial charge in [0.15, 0.2) is 0 Å². The van der Waals surface area contributed by atoms with Crippen LogP contribution in [0.4, 0.5) is 5.69 Å². The van der Waals surface area contributed by atoms with Gasteiger partial charge in [0.05, 0.1) is 5.25 Å². The monoisotopic (exact) mass is 325 g/mol. The second-order valence-electron chi connectivity index (χ2n) is 4.16. The average Bonchev–Trinajstić information content (AvgIpc) is 2.39. The Morgan fingerprint density at radius 1 is 1.05 bits per heavy atom. The molecule has 1 N–H and O–H groups in total. The zero-order valence-electron chi connectivity index (χ0n) is 9.69. The number of hydrogen-bond donors (Lipinski definition) is 1. The van der Waals surface area contributed by atoms with Crippen LogP contribution in [0.15, 0.2) is 42.5 Å². The summed E-state index contributed by atoms with van der Waals surface area (Å²) in [6, 6.07) is 13.6. The van der Waals surface area contributed by atoms with Gasteiger partial charge in [-0.15, -0.1) is 0 Å². The maximum Gasteiger partial charge on any atom is 0.139 e. The molecule has 1 unspecified atom stereocenters. The summed E-state index contributed by atoms with van der Waals surface area (Å²) in [6.07, 6.45) is 0.